The molecular weight excluding hydrogens is 284 g/mol. The zero-order valence-electron chi connectivity index (χ0n) is 11.2. The molecule has 0 N–H and O–H groups in total. The Labute approximate surface area is 119 Å². The van der Waals surface area contributed by atoms with Crippen molar-refractivity contribution in [3.63, 3.8) is 0 Å². The normalized spacial score (nSPS) is 17.5. The molecule has 2 aromatic carbocycles. The first kappa shape index (κ1) is 13.9. The Hall–Kier alpha value is -2.04. The zero-order chi connectivity index (χ0) is 15.2. The van der Waals surface area contributed by atoms with Crippen LogP contribution in [0, 0.1) is 5.82 Å². The van der Waals surface area contributed by atoms with E-state index in [4.69, 9.17) is 4.74 Å². The summed E-state index contributed by atoms with van der Waals surface area (Å²) in [5, 5.41) is 0. The molecule has 1 heterocycles. The summed E-state index contributed by atoms with van der Waals surface area (Å²) in [6.45, 7) is 1.81. The van der Waals surface area contributed by atoms with E-state index in [-0.39, 0.29) is 6.10 Å². The molecule has 0 radical (unpaired) electrons. The summed E-state index contributed by atoms with van der Waals surface area (Å²) in [5.74, 6) is 0.0266. The van der Waals surface area contributed by atoms with Crippen molar-refractivity contribution in [2.24, 2.45) is 0 Å². The first-order valence-corrected chi connectivity index (χ1v) is 6.51. The minimum absolute atomic E-state index is 0.164. The van der Waals surface area contributed by atoms with E-state index < -0.39 is 17.6 Å². The lowest BCUT2D eigenvalue weighted by atomic mass is 9.97. The topological polar surface area (TPSA) is 9.23 Å². The molecule has 0 aliphatic carbocycles. The predicted molar refractivity (Wildman–Crippen MR) is 70.6 cm³/mol. The molecule has 0 spiro atoms. The van der Waals surface area contributed by atoms with Crippen LogP contribution in [0.25, 0.3) is 11.1 Å². The second-order valence-electron chi connectivity index (χ2n) is 5.15. The lowest BCUT2D eigenvalue weighted by Gasteiger charge is -2.14. The van der Waals surface area contributed by atoms with Gasteiger partial charge in [-0.3, -0.25) is 0 Å². The van der Waals surface area contributed by atoms with Crippen molar-refractivity contribution in [2.45, 2.75) is 25.6 Å². The average Bonchev–Trinajstić information content (AvgIpc) is 2.77. The van der Waals surface area contributed by atoms with Crippen molar-refractivity contribution in [3.8, 4) is 16.9 Å². The average molecular weight is 296 g/mol. The largest absolute Gasteiger partial charge is 0.489 e. The minimum Gasteiger partial charge on any atom is -0.489 e. The van der Waals surface area contributed by atoms with Crippen LogP contribution in [0.15, 0.2) is 36.4 Å². The van der Waals surface area contributed by atoms with Crippen molar-refractivity contribution >= 4 is 0 Å². The van der Waals surface area contributed by atoms with Crippen LogP contribution >= 0.6 is 0 Å². The van der Waals surface area contributed by atoms with E-state index in [1.165, 1.54) is 24.3 Å². The number of halogens is 4. The molecule has 1 aliphatic heterocycles. The fourth-order valence-electron chi connectivity index (χ4n) is 2.54. The van der Waals surface area contributed by atoms with E-state index in [1.54, 1.807) is 0 Å². The highest BCUT2D eigenvalue weighted by atomic mass is 19.4. The first-order valence-electron chi connectivity index (χ1n) is 6.51. The van der Waals surface area contributed by atoms with Crippen LogP contribution in [-0.4, -0.2) is 6.10 Å². The third-order valence-electron chi connectivity index (χ3n) is 3.47. The summed E-state index contributed by atoms with van der Waals surface area (Å²) in [5.41, 5.74) is 0.687. The summed E-state index contributed by atoms with van der Waals surface area (Å²) in [7, 11) is 0. The third kappa shape index (κ3) is 2.60. The molecule has 1 aliphatic rings. The van der Waals surface area contributed by atoms with Gasteiger partial charge in [-0.15, -0.1) is 0 Å². The lowest BCUT2D eigenvalue weighted by molar-refractivity contribution is -0.137. The number of alkyl halides is 3. The SMILES string of the molecule is CC1Cc2cc(C(F)(F)F)cc(-c3ccc(F)cc3)c2O1. The molecule has 0 aromatic heterocycles. The second-order valence-corrected chi connectivity index (χ2v) is 5.15. The smallest absolute Gasteiger partial charge is 0.416 e. The number of ether oxygens (including phenoxy) is 1. The predicted octanol–water partition coefficient (Wildman–Crippen LogP) is 4.83. The molecule has 0 saturated heterocycles. The van der Waals surface area contributed by atoms with Crippen molar-refractivity contribution in [1.82, 2.24) is 0 Å². The third-order valence-corrected chi connectivity index (χ3v) is 3.47. The lowest BCUT2D eigenvalue weighted by Crippen LogP contribution is -2.05. The van der Waals surface area contributed by atoms with Crippen molar-refractivity contribution in [1.29, 1.82) is 0 Å². The van der Waals surface area contributed by atoms with Crippen LogP contribution in [-0.2, 0) is 12.6 Å². The monoisotopic (exact) mass is 296 g/mol. The maximum absolute atomic E-state index is 13.0. The number of hydrogen-bond donors (Lipinski definition) is 0. The maximum atomic E-state index is 13.0. The summed E-state index contributed by atoms with van der Waals surface area (Å²) < 4.78 is 57.7. The van der Waals surface area contributed by atoms with Crippen LogP contribution in [0.3, 0.4) is 0 Å². The van der Waals surface area contributed by atoms with E-state index in [2.05, 4.69) is 0 Å². The van der Waals surface area contributed by atoms with Crippen LogP contribution in [0.2, 0.25) is 0 Å². The van der Waals surface area contributed by atoms with Gasteiger partial charge in [-0.2, -0.15) is 13.2 Å². The molecule has 2 aromatic rings. The Morgan fingerprint density at radius 1 is 1.10 bits per heavy atom. The molecule has 1 unspecified atom stereocenters. The van der Waals surface area contributed by atoms with Gasteiger partial charge in [0.05, 0.1) is 5.56 Å². The van der Waals surface area contributed by atoms with E-state index in [9.17, 15) is 17.6 Å². The summed E-state index contributed by atoms with van der Waals surface area (Å²) in [6, 6.07) is 7.55. The molecule has 5 heteroatoms. The summed E-state index contributed by atoms with van der Waals surface area (Å²) in [4.78, 5) is 0. The Bertz CT molecular complexity index is 674. The van der Waals surface area contributed by atoms with Gasteiger partial charge in [0.25, 0.3) is 0 Å². The van der Waals surface area contributed by atoms with Gasteiger partial charge in [-0.05, 0) is 42.3 Å². The van der Waals surface area contributed by atoms with Crippen LogP contribution < -0.4 is 4.74 Å². The van der Waals surface area contributed by atoms with Crippen molar-refractivity contribution in [2.75, 3.05) is 0 Å². The molecular formula is C16H12F4O. The Morgan fingerprint density at radius 3 is 2.38 bits per heavy atom. The highest BCUT2D eigenvalue weighted by molar-refractivity contribution is 5.74. The molecule has 1 atom stereocenters. The van der Waals surface area contributed by atoms with Crippen molar-refractivity contribution < 1.29 is 22.3 Å². The molecule has 110 valence electrons. The van der Waals surface area contributed by atoms with Crippen LogP contribution in [0.4, 0.5) is 17.6 Å². The highest BCUT2D eigenvalue weighted by Crippen LogP contribution is 2.43. The van der Waals surface area contributed by atoms with Crippen LogP contribution in [0.5, 0.6) is 5.75 Å². The molecule has 0 saturated carbocycles. The molecule has 21 heavy (non-hydrogen) atoms. The minimum atomic E-state index is -4.42. The number of hydrogen-bond acceptors (Lipinski definition) is 1. The summed E-state index contributed by atoms with van der Waals surface area (Å²) >= 11 is 0. The van der Waals surface area contributed by atoms with E-state index in [0.717, 1.165) is 12.1 Å². The van der Waals surface area contributed by atoms with E-state index in [1.807, 2.05) is 6.92 Å². The molecule has 3 rings (SSSR count). The molecule has 0 bridgehead atoms. The van der Waals surface area contributed by atoms with Gasteiger partial charge in [0.2, 0.25) is 0 Å². The van der Waals surface area contributed by atoms with Crippen LogP contribution in [0.1, 0.15) is 18.1 Å². The van der Waals surface area contributed by atoms with Gasteiger partial charge in [0.15, 0.2) is 0 Å². The standard InChI is InChI=1S/C16H12F4O/c1-9-6-11-7-12(16(18,19)20)8-14(15(11)21-9)10-2-4-13(17)5-3-10/h2-5,7-9H,6H2,1H3. The van der Waals surface area contributed by atoms with Gasteiger partial charge in [-0.25, -0.2) is 4.39 Å². The Morgan fingerprint density at radius 2 is 1.76 bits per heavy atom. The zero-order valence-corrected chi connectivity index (χ0v) is 11.2. The number of fused-ring (bicyclic) bond motifs is 1. The fraction of sp³-hybridized carbons (Fsp3) is 0.250. The molecule has 0 fully saturated rings. The summed E-state index contributed by atoms with van der Waals surface area (Å²) in [6.07, 6.45) is -4.15. The van der Waals surface area contributed by atoms with Gasteiger partial charge in [-0.1, -0.05) is 12.1 Å². The number of rotatable bonds is 1. The Balaban J connectivity index is 2.19. The molecule has 0 amide bonds. The van der Waals surface area contributed by atoms with E-state index >= 15 is 0 Å². The van der Waals surface area contributed by atoms with Gasteiger partial charge in [0.1, 0.15) is 17.7 Å². The molecule has 1 nitrogen and oxygen atoms in total. The first-order chi connectivity index (χ1) is 9.84. The Kier molecular flexibility index (Phi) is 3.15. The van der Waals surface area contributed by atoms with Crippen molar-refractivity contribution in [3.05, 3.63) is 53.3 Å². The van der Waals surface area contributed by atoms with E-state index in [0.29, 0.717) is 28.9 Å². The van der Waals surface area contributed by atoms with Gasteiger partial charge in [0, 0.05) is 12.0 Å². The second kappa shape index (κ2) is 4.76. The fourth-order valence-corrected chi connectivity index (χ4v) is 2.54. The van der Waals surface area contributed by atoms with Gasteiger partial charge < -0.3 is 4.74 Å². The maximum Gasteiger partial charge on any atom is 0.416 e. The van der Waals surface area contributed by atoms with Gasteiger partial charge >= 0.3 is 6.18 Å². The quantitative estimate of drug-likeness (QED) is 0.685. The highest BCUT2D eigenvalue weighted by Gasteiger charge is 2.34. The number of benzene rings is 2.